The summed E-state index contributed by atoms with van der Waals surface area (Å²) in [6.45, 7) is -0.834. The monoisotopic (exact) mass is 589 g/mol. The molecule has 1 aliphatic heterocycles. The first kappa shape index (κ1) is 28.0. The van der Waals surface area contributed by atoms with Gasteiger partial charge in [0.15, 0.2) is 0 Å². The molecular formula is C25H18Cl3F4N3O3. The molecule has 3 N–H and O–H groups in total. The van der Waals surface area contributed by atoms with E-state index in [1.54, 1.807) is 24.3 Å². The zero-order chi connectivity index (χ0) is 27.5. The van der Waals surface area contributed by atoms with E-state index in [2.05, 4.69) is 16.3 Å². The third-order valence-corrected chi connectivity index (χ3v) is 6.79. The molecule has 0 radical (unpaired) electrons. The van der Waals surface area contributed by atoms with E-state index in [-0.39, 0.29) is 38.5 Å². The van der Waals surface area contributed by atoms with Gasteiger partial charge in [0.2, 0.25) is 5.60 Å². The summed E-state index contributed by atoms with van der Waals surface area (Å²) in [5.41, 5.74) is 2.06. The summed E-state index contributed by atoms with van der Waals surface area (Å²) in [6, 6.07) is 11.8. The number of hydrogen-bond acceptors (Lipinski definition) is 5. The zero-order valence-electron chi connectivity index (χ0n) is 19.1. The molecule has 0 saturated heterocycles. The highest BCUT2D eigenvalue weighted by molar-refractivity contribution is 6.48. The molecule has 13 heteroatoms. The Bertz CT molecular complexity index is 1410. The summed E-state index contributed by atoms with van der Waals surface area (Å²) in [6.07, 6.45) is -1.50. The normalized spacial score (nSPS) is 17.5. The lowest BCUT2D eigenvalue weighted by Gasteiger charge is -2.29. The van der Waals surface area contributed by atoms with Crippen molar-refractivity contribution in [1.82, 2.24) is 16.3 Å². The first-order valence-corrected chi connectivity index (χ1v) is 12.0. The number of fused-ring (bicyclic) bond motifs is 1. The van der Waals surface area contributed by atoms with Crippen LogP contribution >= 0.6 is 34.8 Å². The Morgan fingerprint density at radius 1 is 1.05 bits per heavy atom. The molecule has 200 valence electrons. The lowest BCUT2D eigenvalue weighted by Crippen LogP contribution is -2.42. The van der Waals surface area contributed by atoms with Crippen molar-refractivity contribution in [1.29, 1.82) is 0 Å². The van der Waals surface area contributed by atoms with Crippen molar-refractivity contribution in [2.75, 3.05) is 13.3 Å². The second-order valence-corrected chi connectivity index (χ2v) is 9.11. The number of halogens is 7. The number of carbonyl (C=O) groups excluding carboxylic acids is 1. The number of carbonyl (C=O) groups is 1. The summed E-state index contributed by atoms with van der Waals surface area (Å²) >= 11 is 17.9. The van der Waals surface area contributed by atoms with Gasteiger partial charge in [-0.3, -0.25) is 25.4 Å². The summed E-state index contributed by atoms with van der Waals surface area (Å²) in [4.78, 5) is 22.6. The van der Waals surface area contributed by atoms with Crippen LogP contribution in [0.5, 0.6) is 0 Å². The highest BCUT2D eigenvalue weighted by Gasteiger charge is 2.60. The minimum atomic E-state index is -4.91. The molecule has 0 bridgehead atoms. The largest absolute Gasteiger partial charge is 0.428 e. The van der Waals surface area contributed by atoms with E-state index in [1.807, 2.05) is 0 Å². The van der Waals surface area contributed by atoms with Crippen LogP contribution < -0.4 is 16.3 Å². The molecule has 1 unspecified atom stereocenters. The first-order chi connectivity index (χ1) is 18.1. The van der Waals surface area contributed by atoms with Crippen molar-refractivity contribution in [3.63, 3.8) is 0 Å². The molecular weight excluding hydrogens is 573 g/mol. The fourth-order valence-corrected chi connectivity index (χ4v) is 4.45. The Balaban J connectivity index is 1.73. The molecule has 4 rings (SSSR count). The summed E-state index contributed by atoms with van der Waals surface area (Å²) < 4.78 is 55.3. The number of alkyl halides is 4. The summed E-state index contributed by atoms with van der Waals surface area (Å²) in [7, 11) is 0. The van der Waals surface area contributed by atoms with Gasteiger partial charge in [0, 0.05) is 29.1 Å². The molecule has 3 aromatic rings. The van der Waals surface area contributed by atoms with Crippen LogP contribution in [0.25, 0.3) is 16.5 Å². The van der Waals surface area contributed by atoms with Gasteiger partial charge in [-0.25, -0.2) is 4.39 Å². The van der Waals surface area contributed by atoms with Crippen molar-refractivity contribution < 1.29 is 32.0 Å². The Kier molecular flexibility index (Phi) is 8.39. The van der Waals surface area contributed by atoms with E-state index in [9.17, 15) is 22.4 Å². The molecule has 1 aliphatic rings. The van der Waals surface area contributed by atoms with Crippen molar-refractivity contribution >= 4 is 57.2 Å². The number of nitrogens with one attached hydrogen (secondary N) is 3. The van der Waals surface area contributed by atoms with Crippen molar-refractivity contribution in [2.24, 2.45) is 0 Å². The van der Waals surface area contributed by atoms with Gasteiger partial charge in [0.05, 0.1) is 20.8 Å². The number of benzene rings is 3. The highest BCUT2D eigenvalue weighted by atomic mass is 35.5. The van der Waals surface area contributed by atoms with Gasteiger partial charge in [-0.05, 0) is 35.0 Å². The average Bonchev–Trinajstić information content (AvgIpc) is 3.35. The van der Waals surface area contributed by atoms with Crippen LogP contribution in [0.4, 0.5) is 17.6 Å². The van der Waals surface area contributed by atoms with Crippen LogP contribution in [0, 0.1) is 0 Å². The standard InChI is InChI=1S/C25H18Cl3F4N3O3/c26-19-11-14(12-20(27)22(19)28)24(25(30,31)32)13-21(35-38-24)17-5-6-18(16-4-2-1-3-15(16)17)23(36)33-8-9-34-37-10-7-29/h1-6,8-9,11-13,34-35H,7,10H2,(H,33,36)/b9-8+. The van der Waals surface area contributed by atoms with E-state index >= 15 is 0 Å². The molecule has 0 fully saturated rings. The molecule has 6 nitrogen and oxygen atoms in total. The maximum atomic E-state index is 14.4. The number of hydrogen-bond donors (Lipinski definition) is 3. The minimum absolute atomic E-state index is 0.0155. The fraction of sp³-hybridized carbons (Fsp3) is 0.160. The van der Waals surface area contributed by atoms with Gasteiger partial charge >= 0.3 is 6.18 Å². The van der Waals surface area contributed by atoms with E-state index in [1.165, 1.54) is 24.5 Å². The van der Waals surface area contributed by atoms with E-state index in [0.29, 0.717) is 16.3 Å². The van der Waals surface area contributed by atoms with E-state index in [4.69, 9.17) is 44.5 Å². The zero-order valence-corrected chi connectivity index (χ0v) is 21.4. The predicted molar refractivity (Wildman–Crippen MR) is 137 cm³/mol. The predicted octanol–water partition coefficient (Wildman–Crippen LogP) is 6.83. The maximum Gasteiger partial charge on any atom is 0.428 e. The molecule has 38 heavy (non-hydrogen) atoms. The van der Waals surface area contributed by atoms with Gasteiger partial charge < -0.3 is 5.32 Å². The second-order valence-electron chi connectivity index (χ2n) is 7.92. The van der Waals surface area contributed by atoms with Gasteiger partial charge in [-0.15, -0.1) is 0 Å². The third kappa shape index (κ3) is 5.41. The van der Waals surface area contributed by atoms with Gasteiger partial charge in [0.1, 0.15) is 13.3 Å². The summed E-state index contributed by atoms with van der Waals surface area (Å²) in [5, 5.41) is 3.08. The van der Waals surface area contributed by atoms with Crippen molar-refractivity contribution in [2.45, 2.75) is 11.8 Å². The van der Waals surface area contributed by atoms with Crippen molar-refractivity contribution in [3.8, 4) is 0 Å². The van der Waals surface area contributed by atoms with Crippen LogP contribution in [0.15, 0.2) is 67.0 Å². The molecule has 0 saturated carbocycles. The Morgan fingerprint density at radius 3 is 2.39 bits per heavy atom. The average molecular weight is 591 g/mol. The molecule has 3 aromatic carbocycles. The lowest BCUT2D eigenvalue weighted by atomic mass is 9.90. The molecule has 1 heterocycles. The van der Waals surface area contributed by atoms with Crippen LogP contribution in [0.3, 0.4) is 0 Å². The first-order valence-electron chi connectivity index (χ1n) is 10.9. The lowest BCUT2D eigenvalue weighted by molar-refractivity contribution is -0.269. The minimum Gasteiger partial charge on any atom is -0.327 e. The van der Waals surface area contributed by atoms with Gasteiger partial charge in [-0.1, -0.05) is 65.1 Å². The highest BCUT2D eigenvalue weighted by Crippen LogP contribution is 2.49. The third-order valence-electron chi connectivity index (χ3n) is 5.59. The number of rotatable bonds is 8. The number of hydroxylamine groups is 2. The molecule has 1 amide bonds. The fourth-order valence-electron chi connectivity index (χ4n) is 3.85. The molecule has 1 atom stereocenters. The molecule has 0 aromatic heterocycles. The van der Waals surface area contributed by atoms with Gasteiger partial charge in [-0.2, -0.15) is 13.2 Å². The summed E-state index contributed by atoms with van der Waals surface area (Å²) in [5.74, 6) is -0.490. The molecule has 0 spiro atoms. The topological polar surface area (TPSA) is 71.6 Å². The Labute approximate surface area is 229 Å². The Morgan fingerprint density at radius 2 is 1.74 bits per heavy atom. The quantitative estimate of drug-likeness (QED) is 0.116. The van der Waals surface area contributed by atoms with Crippen molar-refractivity contribution in [3.05, 3.63) is 98.8 Å². The van der Waals surface area contributed by atoms with Crippen LogP contribution in [0.1, 0.15) is 21.5 Å². The number of amides is 1. The van der Waals surface area contributed by atoms with E-state index in [0.717, 1.165) is 18.2 Å². The van der Waals surface area contributed by atoms with E-state index < -0.39 is 24.4 Å². The van der Waals surface area contributed by atoms with Crippen LogP contribution in [-0.4, -0.2) is 25.4 Å². The maximum absolute atomic E-state index is 14.4. The Hall–Kier alpha value is -3.02. The second kappa shape index (κ2) is 11.4. The van der Waals surface area contributed by atoms with Crippen LogP contribution in [-0.2, 0) is 15.3 Å². The molecule has 0 aliphatic carbocycles. The SMILES string of the molecule is O=C(N/C=C/NOCCF)c1ccc(C2=CC(c3cc(Cl)c(Cl)c(Cl)c3)(C(F)(F)F)ON2)c2ccccc12. The van der Waals surface area contributed by atoms with Crippen LogP contribution in [0.2, 0.25) is 15.1 Å². The smallest absolute Gasteiger partial charge is 0.327 e. The van der Waals surface area contributed by atoms with Gasteiger partial charge in [0.25, 0.3) is 5.91 Å².